The smallest absolute Gasteiger partial charge is 0.253 e. The molecule has 0 aliphatic carbocycles. The Bertz CT molecular complexity index is 752. The van der Waals surface area contributed by atoms with Crippen LogP contribution < -0.4 is 9.47 Å². The third kappa shape index (κ3) is 3.92. The monoisotopic (exact) mass is 340 g/mol. The van der Waals surface area contributed by atoms with Gasteiger partial charge in [0, 0.05) is 49.5 Å². The molecule has 1 fully saturated rings. The highest BCUT2D eigenvalue weighted by Gasteiger charge is 2.25. The SMILES string of the molecule is COc1cc(C(=O)N2CCC(Oc3ccncc3C)CC2)ccc1C. The molecule has 1 amide bonds. The van der Waals surface area contributed by atoms with Gasteiger partial charge in [-0.25, -0.2) is 0 Å². The van der Waals surface area contributed by atoms with Gasteiger partial charge in [-0.15, -0.1) is 0 Å². The molecule has 2 heterocycles. The van der Waals surface area contributed by atoms with Gasteiger partial charge in [-0.1, -0.05) is 6.07 Å². The molecule has 0 spiro atoms. The van der Waals surface area contributed by atoms with Crippen LogP contribution in [0.4, 0.5) is 0 Å². The Morgan fingerprint density at radius 1 is 1.12 bits per heavy atom. The molecule has 132 valence electrons. The van der Waals surface area contributed by atoms with Crippen molar-refractivity contribution < 1.29 is 14.3 Å². The standard InChI is InChI=1S/C20H24N2O3/c1-14-4-5-16(12-19(14)24-3)20(23)22-10-7-17(8-11-22)25-18-6-9-21-13-15(18)2/h4-6,9,12-13,17H,7-8,10-11H2,1-3H3. The van der Waals surface area contributed by atoms with E-state index >= 15 is 0 Å². The maximum absolute atomic E-state index is 12.7. The van der Waals surface area contributed by atoms with Crippen molar-refractivity contribution in [3.63, 3.8) is 0 Å². The first-order valence-corrected chi connectivity index (χ1v) is 8.59. The quantitative estimate of drug-likeness (QED) is 0.856. The van der Waals surface area contributed by atoms with E-state index in [4.69, 9.17) is 9.47 Å². The van der Waals surface area contributed by atoms with Crippen molar-refractivity contribution in [2.75, 3.05) is 20.2 Å². The van der Waals surface area contributed by atoms with Crippen LogP contribution >= 0.6 is 0 Å². The number of likely N-dealkylation sites (tertiary alicyclic amines) is 1. The molecule has 3 rings (SSSR count). The van der Waals surface area contributed by atoms with Crippen LogP contribution in [0.5, 0.6) is 11.5 Å². The number of pyridine rings is 1. The topological polar surface area (TPSA) is 51.7 Å². The number of ether oxygens (including phenoxy) is 2. The third-order valence-electron chi connectivity index (χ3n) is 4.65. The molecule has 1 aliphatic rings. The van der Waals surface area contributed by atoms with E-state index in [1.54, 1.807) is 19.5 Å². The fourth-order valence-electron chi connectivity index (χ4n) is 3.08. The number of carbonyl (C=O) groups is 1. The predicted molar refractivity (Wildman–Crippen MR) is 96.3 cm³/mol. The maximum atomic E-state index is 12.7. The van der Waals surface area contributed by atoms with Gasteiger partial charge in [-0.05, 0) is 37.6 Å². The highest BCUT2D eigenvalue weighted by Crippen LogP contribution is 2.24. The van der Waals surface area contributed by atoms with Crippen molar-refractivity contribution in [1.82, 2.24) is 9.88 Å². The molecular weight excluding hydrogens is 316 g/mol. The number of rotatable bonds is 4. The van der Waals surface area contributed by atoms with Crippen LogP contribution in [-0.2, 0) is 0 Å². The van der Waals surface area contributed by atoms with Crippen LogP contribution in [-0.4, -0.2) is 42.1 Å². The van der Waals surface area contributed by atoms with Crippen molar-refractivity contribution in [2.45, 2.75) is 32.8 Å². The largest absolute Gasteiger partial charge is 0.496 e. The predicted octanol–water partition coefficient (Wildman–Crippen LogP) is 3.39. The Kier molecular flexibility index (Phi) is 5.22. The zero-order valence-electron chi connectivity index (χ0n) is 15.0. The number of piperidine rings is 1. The molecule has 2 aromatic rings. The van der Waals surface area contributed by atoms with E-state index in [1.807, 2.05) is 43.0 Å². The molecule has 0 bridgehead atoms. The van der Waals surface area contributed by atoms with E-state index in [1.165, 1.54) is 0 Å². The molecule has 5 nitrogen and oxygen atoms in total. The van der Waals surface area contributed by atoms with Gasteiger partial charge in [0.25, 0.3) is 5.91 Å². The first-order chi connectivity index (χ1) is 12.1. The number of carbonyl (C=O) groups excluding carboxylic acids is 1. The van der Waals surface area contributed by atoms with E-state index in [9.17, 15) is 4.79 Å². The number of aryl methyl sites for hydroxylation is 2. The van der Waals surface area contributed by atoms with Gasteiger partial charge in [-0.3, -0.25) is 9.78 Å². The lowest BCUT2D eigenvalue weighted by Gasteiger charge is -2.32. The van der Waals surface area contributed by atoms with Gasteiger partial charge in [0.1, 0.15) is 17.6 Å². The second kappa shape index (κ2) is 7.55. The summed E-state index contributed by atoms with van der Waals surface area (Å²) in [5.41, 5.74) is 2.73. The molecule has 25 heavy (non-hydrogen) atoms. The second-order valence-electron chi connectivity index (χ2n) is 6.43. The van der Waals surface area contributed by atoms with Crippen molar-refractivity contribution in [3.05, 3.63) is 53.3 Å². The lowest BCUT2D eigenvalue weighted by Crippen LogP contribution is -2.41. The van der Waals surface area contributed by atoms with Crippen molar-refractivity contribution in [2.24, 2.45) is 0 Å². The first-order valence-electron chi connectivity index (χ1n) is 8.59. The van der Waals surface area contributed by atoms with Crippen LogP contribution in [0.1, 0.15) is 34.3 Å². The minimum absolute atomic E-state index is 0.0526. The van der Waals surface area contributed by atoms with Gasteiger partial charge in [-0.2, -0.15) is 0 Å². The Morgan fingerprint density at radius 2 is 1.88 bits per heavy atom. The number of aromatic nitrogens is 1. The number of hydrogen-bond donors (Lipinski definition) is 0. The van der Waals surface area contributed by atoms with Gasteiger partial charge < -0.3 is 14.4 Å². The molecule has 0 saturated carbocycles. The highest BCUT2D eigenvalue weighted by molar-refractivity contribution is 5.94. The van der Waals surface area contributed by atoms with Crippen molar-refractivity contribution >= 4 is 5.91 Å². The summed E-state index contributed by atoms with van der Waals surface area (Å²) in [4.78, 5) is 18.7. The summed E-state index contributed by atoms with van der Waals surface area (Å²) in [6, 6.07) is 7.50. The van der Waals surface area contributed by atoms with Gasteiger partial charge in [0.05, 0.1) is 7.11 Å². The second-order valence-corrected chi connectivity index (χ2v) is 6.43. The Hall–Kier alpha value is -2.56. The lowest BCUT2D eigenvalue weighted by molar-refractivity contribution is 0.0594. The number of amides is 1. The minimum Gasteiger partial charge on any atom is -0.496 e. The Morgan fingerprint density at radius 3 is 2.56 bits per heavy atom. The summed E-state index contributed by atoms with van der Waals surface area (Å²) in [5.74, 6) is 1.68. The summed E-state index contributed by atoms with van der Waals surface area (Å²) < 4.78 is 11.4. The zero-order valence-corrected chi connectivity index (χ0v) is 15.0. The first kappa shape index (κ1) is 17.3. The van der Waals surface area contributed by atoms with Crippen LogP contribution in [0.3, 0.4) is 0 Å². The highest BCUT2D eigenvalue weighted by atomic mass is 16.5. The normalized spacial score (nSPS) is 15.1. The number of benzene rings is 1. The van der Waals surface area contributed by atoms with Gasteiger partial charge >= 0.3 is 0 Å². The molecule has 1 aromatic carbocycles. The Balaban J connectivity index is 1.60. The summed E-state index contributed by atoms with van der Waals surface area (Å²) in [6.45, 7) is 5.36. The molecule has 1 saturated heterocycles. The van der Waals surface area contributed by atoms with Gasteiger partial charge in [0.15, 0.2) is 0 Å². The minimum atomic E-state index is 0.0526. The zero-order chi connectivity index (χ0) is 17.8. The third-order valence-corrected chi connectivity index (χ3v) is 4.65. The average molecular weight is 340 g/mol. The van der Waals surface area contributed by atoms with E-state index in [2.05, 4.69) is 4.98 Å². The summed E-state index contributed by atoms with van der Waals surface area (Å²) >= 11 is 0. The van der Waals surface area contributed by atoms with Crippen LogP contribution in [0.25, 0.3) is 0 Å². The molecule has 0 radical (unpaired) electrons. The molecular formula is C20H24N2O3. The summed E-state index contributed by atoms with van der Waals surface area (Å²) in [6.07, 6.45) is 5.34. The lowest BCUT2D eigenvalue weighted by atomic mass is 10.0. The number of nitrogens with zero attached hydrogens (tertiary/aromatic N) is 2. The van der Waals surface area contributed by atoms with E-state index < -0.39 is 0 Å². The molecule has 0 atom stereocenters. The van der Waals surface area contributed by atoms with E-state index in [-0.39, 0.29) is 12.0 Å². The fraction of sp³-hybridized carbons (Fsp3) is 0.400. The van der Waals surface area contributed by atoms with Crippen LogP contribution in [0.15, 0.2) is 36.7 Å². The molecule has 0 unspecified atom stereocenters. The van der Waals surface area contributed by atoms with E-state index in [0.717, 1.165) is 35.5 Å². The van der Waals surface area contributed by atoms with Crippen LogP contribution in [0, 0.1) is 13.8 Å². The summed E-state index contributed by atoms with van der Waals surface area (Å²) in [7, 11) is 1.63. The fourth-order valence-corrected chi connectivity index (χ4v) is 3.08. The van der Waals surface area contributed by atoms with E-state index in [0.29, 0.717) is 18.7 Å². The van der Waals surface area contributed by atoms with Crippen molar-refractivity contribution in [1.29, 1.82) is 0 Å². The molecule has 5 heteroatoms. The maximum Gasteiger partial charge on any atom is 0.253 e. The summed E-state index contributed by atoms with van der Waals surface area (Å²) in [5, 5.41) is 0. The number of hydrogen-bond acceptors (Lipinski definition) is 4. The van der Waals surface area contributed by atoms with Gasteiger partial charge in [0.2, 0.25) is 0 Å². The molecule has 1 aromatic heterocycles. The van der Waals surface area contributed by atoms with Crippen molar-refractivity contribution in [3.8, 4) is 11.5 Å². The number of methoxy groups -OCH3 is 1. The van der Waals surface area contributed by atoms with Crippen LogP contribution in [0.2, 0.25) is 0 Å². The Labute approximate surface area is 148 Å². The average Bonchev–Trinajstić information content (AvgIpc) is 2.64. The molecule has 0 N–H and O–H groups in total. The molecule has 1 aliphatic heterocycles.